The van der Waals surface area contributed by atoms with Crippen LogP contribution in [-0.4, -0.2) is 11.3 Å². The van der Waals surface area contributed by atoms with E-state index in [4.69, 9.17) is 0 Å². The molecule has 0 N–H and O–H groups in total. The SMILES string of the molecule is FCc1cc(C(F)(F)F)c(I)nc1OC(F)(F)F. The molecule has 2 nitrogen and oxygen atoms in total. The molecule has 10 heteroatoms. The van der Waals surface area contributed by atoms with E-state index in [0.29, 0.717) is 0 Å². The summed E-state index contributed by atoms with van der Waals surface area (Å²) in [6.45, 7) is -1.56. The minimum atomic E-state index is -5.15. The highest BCUT2D eigenvalue weighted by Crippen LogP contribution is 2.36. The van der Waals surface area contributed by atoms with Crippen molar-refractivity contribution in [2.75, 3.05) is 0 Å². The van der Waals surface area contributed by atoms with Gasteiger partial charge < -0.3 is 4.74 Å². The first-order valence-electron chi connectivity index (χ1n) is 4.13. The van der Waals surface area contributed by atoms with Gasteiger partial charge in [-0.15, -0.1) is 13.2 Å². The van der Waals surface area contributed by atoms with Gasteiger partial charge in [-0.1, -0.05) is 0 Å². The third-order valence-corrected chi connectivity index (χ3v) is 2.50. The number of hydrogen-bond donors (Lipinski definition) is 0. The van der Waals surface area contributed by atoms with Gasteiger partial charge in [-0.2, -0.15) is 13.2 Å². The topological polar surface area (TPSA) is 22.1 Å². The normalized spacial score (nSPS) is 12.7. The first kappa shape index (κ1) is 15.2. The monoisotopic (exact) mass is 389 g/mol. The molecule has 0 saturated carbocycles. The van der Waals surface area contributed by atoms with Crippen LogP contribution in [0.3, 0.4) is 0 Å². The number of alkyl halides is 7. The molecule has 102 valence electrons. The van der Waals surface area contributed by atoms with E-state index in [1.165, 1.54) is 0 Å². The third-order valence-electron chi connectivity index (χ3n) is 1.68. The second kappa shape index (κ2) is 5.05. The van der Waals surface area contributed by atoms with E-state index in [1.807, 2.05) is 0 Å². The van der Waals surface area contributed by atoms with Gasteiger partial charge in [-0.3, -0.25) is 0 Å². The Hall–Kier alpha value is -0.810. The minimum Gasteiger partial charge on any atom is -0.387 e. The summed E-state index contributed by atoms with van der Waals surface area (Å²) in [5, 5.41) is 0. The van der Waals surface area contributed by atoms with Crippen molar-refractivity contribution in [3.05, 3.63) is 20.9 Å². The summed E-state index contributed by atoms with van der Waals surface area (Å²) in [6, 6.07) is 0.246. The molecule has 0 unspecified atom stereocenters. The average molecular weight is 389 g/mol. The maximum Gasteiger partial charge on any atom is 0.574 e. The van der Waals surface area contributed by atoms with Gasteiger partial charge in [0, 0.05) is 5.56 Å². The number of rotatable bonds is 2. The molecule has 0 atom stereocenters. The highest BCUT2D eigenvalue weighted by molar-refractivity contribution is 14.1. The molecule has 0 bridgehead atoms. The van der Waals surface area contributed by atoms with E-state index in [2.05, 4.69) is 9.72 Å². The summed E-state index contributed by atoms with van der Waals surface area (Å²) >= 11 is 1.09. The number of halogens is 8. The van der Waals surface area contributed by atoms with Crippen LogP contribution < -0.4 is 4.74 Å². The molecule has 1 rings (SSSR count). The van der Waals surface area contributed by atoms with E-state index in [9.17, 15) is 30.7 Å². The zero-order chi connectivity index (χ0) is 14.1. The fourth-order valence-electron chi connectivity index (χ4n) is 1.01. The van der Waals surface area contributed by atoms with Crippen molar-refractivity contribution >= 4 is 22.6 Å². The Kier molecular flexibility index (Phi) is 4.28. The lowest BCUT2D eigenvalue weighted by Crippen LogP contribution is -2.20. The highest BCUT2D eigenvalue weighted by Gasteiger charge is 2.37. The Balaban J connectivity index is 3.28. The van der Waals surface area contributed by atoms with Crippen LogP contribution in [-0.2, 0) is 12.9 Å². The first-order valence-corrected chi connectivity index (χ1v) is 5.21. The first-order chi connectivity index (χ1) is 8.04. The van der Waals surface area contributed by atoms with Crippen molar-refractivity contribution in [2.24, 2.45) is 0 Å². The van der Waals surface area contributed by atoms with Gasteiger partial charge in [-0.25, -0.2) is 9.37 Å². The summed E-state index contributed by atoms with van der Waals surface area (Å²) in [4.78, 5) is 2.98. The van der Waals surface area contributed by atoms with Gasteiger partial charge in [0.1, 0.15) is 10.4 Å². The average Bonchev–Trinajstić information content (AvgIpc) is 2.13. The predicted molar refractivity (Wildman–Crippen MR) is 53.5 cm³/mol. The lowest BCUT2D eigenvalue weighted by atomic mass is 10.2. The number of nitrogens with zero attached hydrogens (tertiary/aromatic N) is 1. The van der Waals surface area contributed by atoms with Crippen molar-refractivity contribution in [1.82, 2.24) is 4.98 Å². The number of aromatic nitrogens is 1. The fraction of sp³-hybridized carbons (Fsp3) is 0.375. The Morgan fingerprint density at radius 1 is 1.17 bits per heavy atom. The molecule has 0 aliphatic rings. The lowest BCUT2D eigenvalue weighted by Gasteiger charge is -2.14. The van der Waals surface area contributed by atoms with Gasteiger partial charge in [0.15, 0.2) is 0 Å². The summed E-state index contributed by atoms with van der Waals surface area (Å²) in [7, 11) is 0. The van der Waals surface area contributed by atoms with E-state index >= 15 is 0 Å². The molecule has 18 heavy (non-hydrogen) atoms. The fourth-order valence-corrected chi connectivity index (χ4v) is 1.69. The molecule has 0 spiro atoms. The molecule has 1 aromatic rings. The zero-order valence-electron chi connectivity index (χ0n) is 8.16. The van der Waals surface area contributed by atoms with Gasteiger partial charge in [0.25, 0.3) is 0 Å². The Morgan fingerprint density at radius 3 is 2.11 bits per heavy atom. The Morgan fingerprint density at radius 2 is 1.72 bits per heavy atom. The van der Waals surface area contributed by atoms with Crippen LogP contribution in [0.5, 0.6) is 5.88 Å². The molecule has 0 fully saturated rings. The van der Waals surface area contributed by atoms with Crippen LogP contribution in [0.4, 0.5) is 30.7 Å². The number of pyridine rings is 1. The number of ether oxygens (including phenoxy) is 1. The van der Waals surface area contributed by atoms with E-state index in [1.54, 1.807) is 0 Å². The zero-order valence-corrected chi connectivity index (χ0v) is 10.3. The maximum absolute atomic E-state index is 12.4. The highest BCUT2D eigenvalue weighted by atomic mass is 127. The van der Waals surface area contributed by atoms with Crippen LogP contribution in [0.25, 0.3) is 0 Å². The molecule has 1 heterocycles. The second-order valence-electron chi connectivity index (χ2n) is 2.97. The van der Waals surface area contributed by atoms with Crippen LogP contribution in [0.15, 0.2) is 6.07 Å². The van der Waals surface area contributed by atoms with Gasteiger partial charge >= 0.3 is 12.5 Å². The Labute approximate surface area is 109 Å². The quantitative estimate of drug-likeness (QED) is 0.432. The molecule has 0 radical (unpaired) electrons. The standard InChI is InChI=1S/C8H3F7INO/c9-2-3-1-4(7(10,11)12)5(16)17-6(3)18-8(13,14)15/h1H,2H2. The van der Waals surface area contributed by atoms with Crippen molar-refractivity contribution in [3.8, 4) is 5.88 Å². The van der Waals surface area contributed by atoms with Gasteiger partial charge in [0.2, 0.25) is 5.88 Å². The minimum absolute atomic E-state index is 0.246. The van der Waals surface area contributed by atoms with Crippen LogP contribution in [0.2, 0.25) is 0 Å². The van der Waals surface area contributed by atoms with Gasteiger partial charge in [0.05, 0.1) is 5.56 Å². The molecule has 0 aliphatic carbocycles. The Bertz CT molecular complexity index is 442. The lowest BCUT2D eigenvalue weighted by molar-refractivity contribution is -0.276. The van der Waals surface area contributed by atoms with Crippen LogP contribution >= 0.6 is 22.6 Å². The third kappa shape index (κ3) is 3.85. The van der Waals surface area contributed by atoms with Crippen molar-refractivity contribution in [3.63, 3.8) is 0 Å². The van der Waals surface area contributed by atoms with E-state index in [0.717, 1.165) is 22.6 Å². The van der Waals surface area contributed by atoms with Crippen molar-refractivity contribution in [2.45, 2.75) is 19.2 Å². The predicted octanol–water partition coefficient (Wildman–Crippen LogP) is 4.07. The van der Waals surface area contributed by atoms with Crippen LogP contribution in [0.1, 0.15) is 11.1 Å². The summed E-state index contributed by atoms with van der Waals surface area (Å²) < 4.78 is 88.0. The molecule has 0 amide bonds. The second-order valence-corrected chi connectivity index (χ2v) is 3.99. The summed E-state index contributed by atoms with van der Waals surface area (Å²) in [6.07, 6.45) is -9.98. The molecule has 1 aromatic heterocycles. The molecule has 0 saturated heterocycles. The maximum atomic E-state index is 12.4. The molecule has 0 aromatic carbocycles. The number of hydrogen-bond acceptors (Lipinski definition) is 2. The largest absolute Gasteiger partial charge is 0.574 e. The van der Waals surface area contributed by atoms with E-state index in [-0.39, 0.29) is 6.07 Å². The molecule has 0 aliphatic heterocycles. The van der Waals surface area contributed by atoms with E-state index < -0.39 is 39.9 Å². The van der Waals surface area contributed by atoms with Crippen LogP contribution in [0, 0.1) is 3.70 Å². The summed E-state index contributed by atoms with van der Waals surface area (Å²) in [5.74, 6) is -1.22. The van der Waals surface area contributed by atoms with Gasteiger partial charge in [-0.05, 0) is 28.7 Å². The summed E-state index contributed by atoms with van der Waals surface area (Å²) in [5.41, 5.74) is -2.23. The van der Waals surface area contributed by atoms with Crippen molar-refractivity contribution in [1.29, 1.82) is 0 Å². The van der Waals surface area contributed by atoms with Crippen molar-refractivity contribution < 1.29 is 35.5 Å². The smallest absolute Gasteiger partial charge is 0.387 e. The molecular formula is C8H3F7INO. The molecular weight excluding hydrogens is 386 g/mol.